The smallest absolute Gasteiger partial charge is 0.195 e. The number of hydrogen-bond acceptors (Lipinski definition) is 2. The summed E-state index contributed by atoms with van der Waals surface area (Å²) in [7, 11) is 0. The highest BCUT2D eigenvalue weighted by Crippen LogP contribution is 2.31. The molecule has 1 fully saturated rings. The van der Waals surface area contributed by atoms with Crippen molar-refractivity contribution in [2.45, 2.75) is 38.6 Å². The van der Waals surface area contributed by atoms with Crippen LogP contribution in [0.4, 0.5) is 0 Å². The molecule has 0 spiro atoms. The SMILES string of the molecule is CC1CCC(n2cn[nH]c2=S)CC1. The molecule has 0 radical (unpaired) electrons. The summed E-state index contributed by atoms with van der Waals surface area (Å²) >= 11 is 5.14. The number of hydrogen-bond donors (Lipinski definition) is 1. The first-order valence-electron chi connectivity index (χ1n) is 4.89. The number of H-pyrrole nitrogens is 1. The number of aromatic amines is 1. The van der Waals surface area contributed by atoms with E-state index in [1.54, 1.807) is 0 Å². The molecule has 1 aromatic rings. The molecular formula is C9H15N3S. The Kier molecular flexibility index (Phi) is 2.49. The Morgan fingerprint density at radius 3 is 2.69 bits per heavy atom. The van der Waals surface area contributed by atoms with Gasteiger partial charge >= 0.3 is 0 Å². The highest BCUT2D eigenvalue weighted by Gasteiger charge is 2.19. The Balaban J connectivity index is 2.11. The molecule has 0 saturated heterocycles. The van der Waals surface area contributed by atoms with Gasteiger partial charge in [-0.3, -0.25) is 5.10 Å². The zero-order valence-electron chi connectivity index (χ0n) is 7.86. The van der Waals surface area contributed by atoms with Gasteiger partial charge < -0.3 is 4.57 Å². The lowest BCUT2D eigenvalue weighted by atomic mass is 9.87. The van der Waals surface area contributed by atoms with Crippen molar-refractivity contribution in [2.75, 3.05) is 0 Å². The van der Waals surface area contributed by atoms with Crippen LogP contribution in [0, 0.1) is 10.7 Å². The van der Waals surface area contributed by atoms with Crippen LogP contribution in [-0.4, -0.2) is 14.8 Å². The maximum absolute atomic E-state index is 5.14. The van der Waals surface area contributed by atoms with Gasteiger partial charge in [0.25, 0.3) is 0 Å². The summed E-state index contributed by atoms with van der Waals surface area (Å²) in [6.45, 7) is 2.32. The van der Waals surface area contributed by atoms with Crippen LogP contribution in [-0.2, 0) is 0 Å². The number of nitrogens with zero attached hydrogens (tertiary/aromatic N) is 2. The van der Waals surface area contributed by atoms with Crippen molar-refractivity contribution in [3.63, 3.8) is 0 Å². The van der Waals surface area contributed by atoms with Crippen molar-refractivity contribution in [2.24, 2.45) is 5.92 Å². The van der Waals surface area contributed by atoms with Gasteiger partial charge in [-0.2, -0.15) is 5.10 Å². The lowest BCUT2D eigenvalue weighted by Gasteiger charge is -2.26. The summed E-state index contributed by atoms with van der Waals surface area (Å²) in [6, 6.07) is 0.586. The molecule has 1 aliphatic rings. The topological polar surface area (TPSA) is 33.6 Å². The van der Waals surface area contributed by atoms with Gasteiger partial charge in [0.2, 0.25) is 0 Å². The number of rotatable bonds is 1. The molecular weight excluding hydrogens is 182 g/mol. The highest BCUT2D eigenvalue weighted by atomic mass is 32.1. The molecule has 4 heteroatoms. The van der Waals surface area contributed by atoms with Crippen LogP contribution in [0.1, 0.15) is 38.6 Å². The monoisotopic (exact) mass is 197 g/mol. The van der Waals surface area contributed by atoms with Crippen LogP contribution in [0.5, 0.6) is 0 Å². The average Bonchev–Trinajstić information content (AvgIpc) is 2.53. The van der Waals surface area contributed by atoms with E-state index in [1.165, 1.54) is 25.7 Å². The largest absolute Gasteiger partial charge is 0.304 e. The molecule has 1 N–H and O–H groups in total. The molecule has 1 aromatic heterocycles. The molecule has 1 heterocycles. The molecule has 1 saturated carbocycles. The maximum Gasteiger partial charge on any atom is 0.195 e. The van der Waals surface area contributed by atoms with Gasteiger partial charge in [0.1, 0.15) is 6.33 Å². The maximum atomic E-state index is 5.14. The van der Waals surface area contributed by atoms with Crippen LogP contribution < -0.4 is 0 Å². The number of aromatic nitrogens is 3. The normalized spacial score (nSPS) is 29.0. The Labute approximate surface area is 83.2 Å². The van der Waals surface area contributed by atoms with E-state index < -0.39 is 0 Å². The van der Waals surface area contributed by atoms with E-state index in [2.05, 4.69) is 21.7 Å². The Bertz CT molecular complexity index is 320. The zero-order valence-corrected chi connectivity index (χ0v) is 8.68. The third-order valence-corrected chi connectivity index (χ3v) is 3.26. The van der Waals surface area contributed by atoms with Crippen LogP contribution >= 0.6 is 12.2 Å². The second-order valence-corrected chi connectivity index (χ2v) is 4.37. The van der Waals surface area contributed by atoms with Crippen LogP contribution in [0.25, 0.3) is 0 Å². The van der Waals surface area contributed by atoms with E-state index in [4.69, 9.17) is 12.2 Å². The Morgan fingerprint density at radius 1 is 1.46 bits per heavy atom. The fraction of sp³-hybridized carbons (Fsp3) is 0.778. The second-order valence-electron chi connectivity index (χ2n) is 3.98. The first kappa shape index (κ1) is 8.94. The van der Waals surface area contributed by atoms with Gasteiger partial charge in [-0.15, -0.1) is 0 Å². The van der Waals surface area contributed by atoms with Crippen LogP contribution in [0.2, 0.25) is 0 Å². The van der Waals surface area contributed by atoms with Gasteiger partial charge in [-0.05, 0) is 43.8 Å². The zero-order chi connectivity index (χ0) is 9.26. The summed E-state index contributed by atoms with van der Waals surface area (Å²) in [5.41, 5.74) is 0. The van der Waals surface area contributed by atoms with Crippen molar-refractivity contribution in [1.29, 1.82) is 0 Å². The van der Waals surface area contributed by atoms with Crippen LogP contribution in [0.3, 0.4) is 0 Å². The lowest BCUT2D eigenvalue weighted by molar-refractivity contribution is 0.287. The van der Waals surface area contributed by atoms with Crippen molar-refractivity contribution >= 4 is 12.2 Å². The summed E-state index contributed by atoms with van der Waals surface area (Å²) in [5, 5.41) is 6.75. The fourth-order valence-corrected chi connectivity index (χ4v) is 2.29. The second kappa shape index (κ2) is 3.62. The van der Waals surface area contributed by atoms with E-state index in [1.807, 2.05) is 6.33 Å². The minimum atomic E-state index is 0.586. The highest BCUT2D eigenvalue weighted by molar-refractivity contribution is 7.71. The predicted octanol–water partition coefficient (Wildman–Crippen LogP) is 2.69. The van der Waals surface area contributed by atoms with E-state index >= 15 is 0 Å². The van der Waals surface area contributed by atoms with E-state index in [0.29, 0.717) is 6.04 Å². The average molecular weight is 197 g/mol. The molecule has 0 bridgehead atoms. The van der Waals surface area contributed by atoms with Crippen LogP contribution in [0.15, 0.2) is 6.33 Å². The molecule has 3 nitrogen and oxygen atoms in total. The summed E-state index contributed by atoms with van der Waals surface area (Å²) in [4.78, 5) is 0. The summed E-state index contributed by atoms with van der Waals surface area (Å²) in [6.07, 6.45) is 6.95. The van der Waals surface area contributed by atoms with Crippen molar-refractivity contribution < 1.29 is 0 Å². The molecule has 0 aromatic carbocycles. The summed E-state index contributed by atoms with van der Waals surface area (Å²) in [5.74, 6) is 0.886. The van der Waals surface area contributed by atoms with E-state index in [-0.39, 0.29) is 0 Å². The van der Waals surface area contributed by atoms with Gasteiger partial charge in [0.15, 0.2) is 4.77 Å². The van der Waals surface area contributed by atoms with Gasteiger partial charge in [-0.25, -0.2) is 0 Å². The molecule has 13 heavy (non-hydrogen) atoms. The Morgan fingerprint density at radius 2 is 2.15 bits per heavy atom. The standard InChI is InChI=1S/C9H15N3S/c1-7-2-4-8(5-3-7)12-6-10-11-9(12)13/h6-8H,2-5H2,1H3,(H,11,13). The number of nitrogens with one attached hydrogen (secondary N) is 1. The first-order valence-corrected chi connectivity index (χ1v) is 5.29. The fourth-order valence-electron chi connectivity index (χ4n) is 2.04. The minimum Gasteiger partial charge on any atom is -0.304 e. The lowest BCUT2D eigenvalue weighted by Crippen LogP contribution is -2.16. The van der Waals surface area contributed by atoms with Gasteiger partial charge in [-0.1, -0.05) is 6.92 Å². The van der Waals surface area contributed by atoms with E-state index in [9.17, 15) is 0 Å². The molecule has 2 rings (SSSR count). The molecule has 0 unspecified atom stereocenters. The first-order chi connectivity index (χ1) is 6.27. The van der Waals surface area contributed by atoms with Crippen molar-refractivity contribution in [3.05, 3.63) is 11.1 Å². The quantitative estimate of drug-likeness (QED) is 0.702. The van der Waals surface area contributed by atoms with Gasteiger partial charge in [0.05, 0.1) is 0 Å². The predicted molar refractivity (Wildman–Crippen MR) is 54.1 cm³/mol. The molecule has 72 valence electrons. The Hall–Kier alpha value is -0.640. The minimum absolute atomic E-state index is 0.586. The third-order valence-electron chi connectivity index (χ3n) is 2.96. The molecule has 0 aliphatic heterocycles. The van der Waals surface area contributed by atoms with Crippen molar-refractivity contribution in [3.8, 4) is 0 Å². The van der Waals surface area contributed by atoms with Gasteiger partial charge in [0, 0.05) is 6.04 Å². The summed E-state index contributed by atoms with van der Waals surface area (Å²) < 4.78 is 2.86. The molecule has 0 atom stereocenters. The van der Waals surface area contributed by atoms with Crippen molar-refractivity contribution in [1.82, 2.24) is 14.8 Å². The molecule has 0 amide bonds. The third kappa shape index (κ3) is 1.82. The molecule has 1 aliphatic carbocycles. The van der Waals surface area contributed by atoms with E-state index in [0.717, 1.165) is 10.7 Å².